The first-order valence-corrected chi connectivity index (χ1v) is 7.86. The maximum atomic E-state index is 11.2. The zero-order chi connectivity index (χ0) is 12.1. The fourth-order valence-electron chi connectivity index (χ4n) is 2.19. The van der Waals surface area contributed by atoms with Crippen molar-refractivity contribution in [2.75, 3.05) is 11.5 Å². The van der Waals surface area contributed by atoms with E-state index in [2.05, 4.69) is 21.8 Å². The lowest BCUT2D eigenvalue weighted by Gasteiger charge is -2.22. The van der Waals surface area contributed by atoms with Crippen molar-refractivity contribution in [3.05, 3.63) is 18.2 Å². The lowest BCUT2D eigenvalue weighted by Crippen LogP contribution is -2.35. The Morgan fingerprint density at radius 3 is 3.00 bits per heavy atom. The Morgan fingerprint density at radius 1 is 1.53 bits per heavy atom. The lowest BCUT2D eigenvalue weighted by molar-refractivity contribution is 0.459. The molecule has 0 spiro atoms. The number of aromatic nitrogens is 2. The van der Waals surface area contributed by atoms with Gasteiger partial charge in [-0.15, -0.1) is 0 Å². The van der Waals surface area contributed by atoms with Gasteiger partial charge in [-0.05, 0) is 19.3 Å². The molecule has 1 N–H and O–H groups in total. The highest BCUT2D eigenvalue weighted by Crippen LogP contribution is 2.10. The molecule has 0 radical (unpaired) electrons. The molecule has 96 valence electrons. The minimum Gasteiger partial charge on any atom is -0.334 e. The number of nitrogens with one attached hydrogen (secondary N) is 1. The van der Waals surface area contributed by atoms with Crippen molar-refractivity contribution in [1.29, 1.82) is 0 Å². The largest absolute Gasteiger partial charge is 0.334 e. The van der Waals surface area contributed by atoms with Crippen molar-refractivity contribution < 1.29 is 4.21 Å². The van der Waals surface area contributed by atoms with Crippen molar-refractivity contribution in [1.82, 2.24) is 14.9 Å². The van der Waals surface area contributed by atoms with Crippen LogP contribution < -0.4 is 5.32 Å². The van der Waals surface area contributed by atoms with Gasteiger partial charge in [-0.1, -0.05) is 6.92 Å². The van der Waals surface area contributed by atoms with Gasteiger partial charge in [0.15, 0.2) is 0 Å². The average Bonchev–Trinajstić information content (AvgIpc) is 2.77. The number of hydrogen-bond acceptors (Lipinski definition) is 3. The van der Waals surface area contributed by atoms with E-state index in [-0.39, 0.29) is 0 Å². The summed E-state index contributed by atoms with van der Waals surface area (Å²) in [6, 6.07) is 0.513. The van der Waals surface area contributed by atoms with Crippen LogP contribution in [0.5, 0.6) is 0 Å². The molecule has 0 unspecified atom stereocenters. The van der Waals surface area contributed by atoms with E-state index in [1.165, 1.54) is 0 Å². The molecule has 0 amide bonds. The lowest BCUT2D eigenvalue weighted by atomic mass is 10.1. The highest BCUT2D eigenvalue weighted by atomic mass is 32.2. The first-order chi connectivity index (χ1) is 8.29. The molecule has 0 aromatic carbocycles. The molecule has 0 atom stereocenters. The van der Waals surface area contributed by atoms with Crippen LogP contribution in [0.4, 0.5) is 0 Å². The summed E-state index contributed by atoms with van der Waals surface area (Å²) >= 11 is 0. The van der Waals surface area contributed by atoms with E-state index in [9.17, 15) is 4.21 Å². The third-order valence-corrected chi connectivity index (χ3v) is 4.59. The molecule has 0 bridgehead atoms. The van der Waals surface area contributed by atoms with Crippen molar-refractivity contribution >= 4 is 10.8 Å². The molecule has 1 aliphatic rings. The molecule has 1 aromatic rings. The molecule has 1 fully saturated rings. The van der Waals surface area contributed by atoms with E-state index in [4.69, 9.17) is 0 Å². The quantitative estimate of drug-likeness (QED) is 0.862. The van der Waals surface area contributed by atoms with Gasteiger partial charge in [0.2, 0.25) is 0 Å². The normalized spacial score (nSPS) is 25.0. The predicted molar refractivity (Wildman–Crippen MR) is 70.3 cm³/mol. The van der Waals surface area contributed by atoms with Gasteiger partial charge in [0, 0.05) is 47.3 Å². The van der Waals surface area contributed by atoms with E-state index in [0.717, 1.165) is 49.7 Å². The Hall–Kier alpha value is -0.680. The molecule has 1 aliphatic heterocycles. The van der Waals surface area contributed by atoms with Gasteiger partial charge in [-0.2, -0.15) is 0 Å². The second-order valence-corrected chi connectivity index (χ2v) is 6.24. The van der Waals surface area contributed by atoms with Gasteiger partial charge in [0.05, 0.1) is 6.54 Å². The van der Waals surface area contributed by atoms with Crippen LogP contribution in [0.1, 0.15) is 32.0 Å². The summed E-state index contributed by atoms with van der Waals surface area (Å²) in [5, 5.41) is 3.53. The highest BCUT2D eigenvalue weighted by molar-refractivity contribution is 7.85. The molecule has 2 rings (SSSR count). The molecule has 4 nitrogen and oxygen atoms in total. The van der Waals surface area contributed by atoms with Crippen LogP contribution in [0, 0.1) is 0 Å². The van der Waals surface area contributed by atoms with Gasteiger partial charge in [-0.25, -0.2) is 4.98 Å². The maximum Gasteiger partial charge on any atom is 0.122 e. The topological polar surface area (TPSA) is 46.9 Å². The predicted octanol–water partition coefficient (Wildman–Crippen LogP) is 1.29. The minimum atomic E-state index is -0.569. The van der Waals surface area contributed by atoms with Crippen LogP contribution in [0.25, 0.3) is 0 Å². The number of hydrogen-bond donors (Lipinski definition) is 1. The van der Waals surface area contributed by atoms with Crippen molar-refractivity contribution in [3.8, 4) is 0 Å². The zero-order valence-electron chi connectivity index (χ0n) is 10.4. The van der Waals surface area contributed by atoms with Gasteiger partial charge in [0.1, 0.15) is 5.82 Å². The molecule has 1 saturated heterocycles. The van der Waals surface area contributed by atoms with Crippen LogP contribution in [0.3, 0.4) is 0 Å². The van der Waals surface area contributed by atoms with Gasteiger partial charge < -0.3 is 9.88 Å². The van der Waals surface area contributed by atoms with Crippen molar-refractivity contribution in [2.45, 2.75) is 45.3 Å². The molecule has 2 heterocycles. The molecule has 5 heteroatoms. The standard InChI is InChI=1S/C12H21N3OS/c1-2-6-15-7-5-13-12(15)10-14-11-3-8-17(16)9-4-11/h5,7,11,14H,2-4,6,8-10H2,1H3. The van der Waals surface area contributed by atoms with E-state index in [1.807, 2.05) is 12.4 Å². The summed E-state index contributed by atoms with van der Waals surface area (Å²) in [4.78, 5) is 4.37. The van der Waals surface area contributed by atoms with E-state index in [0.29, 0.717) is 6.04 Å². The van der Waals surface area contributed by atoms with Crippen LogP contribution in [-0.2, 0) is 23.9 Å². The molecular formula is C12H21N3OS. The third-order valence-electron chi connectivity index (χ3n) is 3.20. The monoisotopic (exact) mass is 255 g/mol. The maximum absolute atomic E-state index is 11.2. The van der Waals surface area contributed by atoms with Crippen molar-refractivity contribution in [3.63, 3.8) is 0 Å². The highest BCUT2D eigenvalue weighted by Gasteiger charge is 2.17. The Labute approximate surface area is 105 Å². The Bertz CT molecular complexity index is 368. The SMILES string of the molecule is CCCn1ccnc1CNC1CCS(=O)CC1. The summed E-state index contributed by atoms with van der Waals surface area (Å²) in [5.74, 6) is 2.81. The summed E-state index contributed by atoms with van der Waals surface area (Å²) < 4.78 is 13.5. The smallest absolute Gasteiger partial charge is 0.122 e. The minimum absolute atomic E-state index is 0.513. The number of imidazole rings is 1. The number of nitrogens with zero attached hydrogens (tertiary/aromatic N) is 2. The second-order valence-electron chi connectivity index (χ2n) is 4.54. The molecule has 0 saturated carbocycles. The Morgan fingerprint density at radius 2 is 2.29 bits per heavy atom. The summed E-state index contributed by atoms with van der Waals surface area (Å²) in [5.41, 5.74) is 0. The summed E-state index contributed by atoms with van der Waals surface area (Å²) in [7, 11) is -0.569. The van der Waals surface area contributed by atoms with E-state index >= 15 is 0 Å². The fourth-order valence-corrected chi connectivity index (χ4v) is 3.48. The first-order valence-electron chi connectivity index (χ1n) is 6.38. The second kappa shape index (κ2) is 6.31. The molecule has 0 aliphatic carbocycles. The fraction of sp³-hybridized carbons (Fsp3) is 0.750. The Kier molecular flexibility index (Phi) is 4.74. The van der Waals surface area contributed by atoms with Crippen molar-refractivity contribution in [2.24, 2.45) is 0 Å². The molecular weight excluding hydrogens is 234 g/mol. The van der Waals surface area contributed by atoms with Crippen LogP contribution in [-0.4, -0.2) is 31.3 Å². The summed E-state index contributed by atoms with van der Waals surface area (Å²) in [6.45, 7) is 4.03. The average molecular weight is 255 g/mol. The number of aryl methyl sites for hydroxylation is 1. The van der Waals surface area contributed by atoms with Gasteiger partial charge in [0.25, 0.3) is 0 Å². The molecule has 1 aromatic heterocycles. The van der Waals surface area contributed by atoms with E-state index in [1.54, 1.807) is 0 Å². The summed E-state index contributed by atoms with van der Waals surface area (Å²) in [6.07, 6.45) is 7.09. The zero-order valence-corrected chi connectivity index (χ0v) is 11.2. The van der Waals surface area contributed by atoms with Crippen LogP contribution in [0.2, 0.25) is 0 Å². The van der Waals surface area contributed by atoms with E-state index < -0.39 is 10.8 Å². The Balaban J connectivity index is 1.81. The molecule has 17 heavy (non-hydrogen) atoms. The first kappa shape index (κ1) is 12.8. The van der Waals surface area contributed by atoms with Gasteiger partial charge >= 0.3 is 0 Å². The van der Waals surface area contributed by atoms with Crippen LogP contribution in [0.15, 0.2) is 12.4 Å². The number of rotatable bonds is 5. The third kappa shape index (κ3) is 3.64. The van der Waals surface area contributed by atoms with Gasteiger partial charge in [-0.3, -0.25) is 4.21 Å². The van der Waals surface area contributed by atoms with Crippen LogP contribution >= 0.6 is 0 Å².